The van der Waals surface area contributed by atoms with Crippen LogP contribution in [0.3, 0.4) is 0 Å². The van der Waals surface area contributed by atoms with Crippen LogP contribution in [0.25, 0.3) is 0 Å². The van der Waals surface area contributed by atoms with Crippen molar-refractivity contribution in [2.75, 3.05) is 20.1 Å². The molecule has 2 rings (SSSR count). The van der Waals surface area contributed by atoms with E-state index in [9.17, 15) is 14.4 Å². The second kappa shape index (κ2) is 5.11. The largest absolute Gasteiger partial charge is 0.467 e. The minimum absolute atomic E-state index is 0.0258. The molecule has 1 aliphatic heterocycles. The number of piperazine rings is 1. The molecule has 0 radical (unpaired) electrons. The van der Waals surface area contributed by atoms with Crippen LogP contribution in [0.5, 0.6) is 0 Å². The first-order valence-corrected chi connectivity index (χ1v) is 5.62. The van der Waals surface area contributed by atoms with E-state index >= 15 is 0 Å². The van der Waals surface area contributed by atoms with E-state index in [-0.39, 0.29) is 37.0 Å². The second-order valence-corrected chi connectivity index (χ2v) is 4.23. The van der Waals surface area contributed by atoms with E-state index in [0.29, 0.717) is 5.76 Å². The molecule has 1 saturated heterocycles. The van der Waals surface area contributed by atoms with E-state index in [1.165, 1.54) is 22.1 Å². The Morgan fingerprint density at radius 3 is 2.84 bits per heavy atom. The van der Waals surface area contributed by atoms with Crippen molar-refractivity contribution < 1.29 is 18.8 Å². The van der Waals surface area contributed by atoms with E-state index in [4.69, 9.17) is 10.3 Å². The Morgan fingerprint density at radius 2 is 2.16 bits per heavy atom. The number of nitrogen functional groups attached to an aromatic ring is 1. The molecule has 2 heterocycles. The maximum Gasteiger partial charge on any atom is 0.268 e. The Hall–Kier alpha value is -2.35. The molecule has 0 bridgehead atoms. The van der Waals surface area contributed by atoms with Crippen LogP contribution in [0.4, 0.5) is 0 Å². The van der Waals surface area contributed by atoms with Crippen molar-refractivity contribution in [2.24, 2.45) is 5.84 Å². The molecular weight excluding hydrogens is 252 g/mol. The van der Waals surface area contributed by atoms with Crippen LogP contribution in [0.15, 0.2) is 16.7 Å². The summed E-state index contributed by atoms with van der Waals surface area (Å²) in [6, 6.07) is 1.46. The third-order valence-corrected chi connectivity index (χ3v) is 2.93. The quantitative estimate of drug-likeness (QED) is 0.401. The molecule has 19 heavy (non-hydrogen) atoms. The highest BCUT2D eigenvalue weighted by molar-refractivity contribution is 5.95. The van der Waals surface area contributed by atoms with E-state index in [1.54, 1.807) is 7.05 Å². The van der Waals surface area contributed by atoms with Crippen molar-refractivity contribution in [1.29, 1.82) is 0 Å². The van der Waals surface area contributed by atoms with Crippen LogP contribution in [0.1, 0.15) is 16.1 Å². The number of rotatable bonds is 3. The van der Waals surface area contributed by atoms with Crippen molar-refractivity contribution in [1.82, 2.24) is 15.2 Å². The molecule has 3 amide bonds. The fourth-order valence-electron chi connectivity index (χ4n) is 1.82. The summed E-state index contributed by atoms with van der Waals surface area (Å²) in [6.45, 7) is 0.0614. The molecule has 0 spiro atoms. The molecule has 0 aliphatic carbocycles. The fourth-order valence-corrected chi connectivity index (χ4v) is 1.82. The van der Waals surface area contributed by atoms with E-state index < -0.39 is 5.91 Å². The first-order valence-electron chi connectivity index (χ1n) is 5.62. The van der Waals surface area contributed by atoms with Gasteiger partial charge < -0.3 is 14.2 Å². The van der Waals surface area contributed by atoms with Gasteiger partial charge in [-0.1, -0.05) is 0 Å². The van der Waals surface area contributed by atoms with E-state index in [2.05, 4.69) is 0 Å². The normalized spacial score (nSPS) is 15.9. The number of carbonyl (C=O) groups is 3. The number of likely N-dealkylation sites (N-methyl/N-ethyl adjacent to an activating group) is 1. The number of nitrogens with one attached hydrogen (secondary N) is 1. The second-order valence-electron chi connectivity index (χ2n) is 4.23. The third kappa shape index (κ3) is 2.58. The lowest BCUT2D eigenvalue weighted by Gasteiger charge is -2.31. The summed E-state index contributed by atoms with van der Waals surface area (Å²) >= 11 is 0. The predicted molar refractivity (Wildman–Crippen MR) is 63.4 cm³/mol. The number of carbonyl (C=O) groups excluding carboxylic acids is 3. The molecule has 1 aromatic heterocycles. The summed E-state index contributed by atoms with van der Waals surface area (Å²) in [6.07, 6.45) is 1.34. The van der Waals surface area contributed by atoms with Gasteiger partial charge in [0.2, 0.25) is 11.8 Å². The molecule has 8 nitrogen and oxygen atoms in total. The molecule has 1 aliphatic rings. The summed E-state index contributed by atoms with van der Waals surface area (Å²) < 4.78 is 5.17. The highest BCUT2D eigenvalue weighted by atomic mass is 16.3. The maximum atomic E-state index is 11.8. The topological polar surface area (TPSA) is 109 Å². The zero-order chi connectivity index (χ0) is 14.0. The number of amides is 3. The van der Waals surface area contributed by atoms with Gasteiger partial charge in [0, 0.05) is 7.05 Å². The summed E-state index contributed by atoms with van der Waals surface area (Å²) in [5.41, 5.74) is 2.25. The van der Waals surface area contributed by atoms with Crippen LogP contribution in [0, 0.1) is 0 Å². The predicted octanol–water partition coefficient (Wildman–Crippen LogP) is -1.32. The molecule has 3 N–H and O–H groups in total. The lowest BCUT2D eigenvalue weighted by molar-refractivity contribution is -0.149. The molecule has 0 aromatic carbocycles. The Bertz CT molecular complexity index is 525. The van der Waals surface area contributed by atoms with Crippen molar-refractivity contribution >= 4 is 17.7 Å². The Labute approximate surface area is 109 Å². The number of furan rings is 1. The highest BCUT2D eigenvalue weighted by Crippen LogP contribution is 2.15. The van der Waals surface area contributed by atoms with Gasteiger partial charge in [0.15, 0.2) is 0 Å². The van der Waals surface area contributed by atoms with Gasteiger partial charge in [0.1, 0.15) is 12.3 Å². The highest BCUT2D eigenvalue weighted by Gasteiger charge is 2.29. The van der Waals surface area contributed by atoms with Gasteiger partial charge >= 0.3 is 0 Å². The van der Waals surface area contributed by atoms with Gasteiger partial charge in [-0.05, 0) is 6.07 Å². The van der Waals surface area contributed by atoms with Gasteiger partial charge in [0.05, 0.1) is 24.9 Å². The standard InChI is InChI=1S/C11H14N4O4/c1-14-5-10(17)15(6-9(14)16)4-8-7(2-3-19-8)11(18)13-12/h2-3H,4-6,12H2,1H3,(H,13,18). The zero-order valence-corrected chi connectivity index (χ0v) is 10.4. The van der Waals surface area contributed by atoms with Crippen LogP contribution < -0.4 is 11.3 Å². The summed E-state index contributed by atoms with van der Waals surface area (Å²) in [5.74, 6) is 4.49. The molecule has 8 heteroatoms. The number of nitrogens with zero attached hydrogens (tertiary/aromatic N) is 2. The number of hydrogen-bond acceptors (Lipinski definition) is 5. The lowest BCUT2D eigenvalue weighted by atomic mass is 10.2. The van der Waals surface area contributed by atoms with E-state index in [0.717, 1.165) is 0 Å². The molecule has 0 saturated carbocycles. The van der Waals surface area contributed by atoms with Crippen molar-refractivity contribution in [3.63, 3.8) is 0 Å². The Morgan fingerprint density at radius 1 is 1.42 bits per heavy atom. The number of hydrazine groups is 1. The monoisotopic (exact) mass is 266 g/mol. The third-order valence-electron chi connectivity index (χ3n) is 2.93. The number of hydrogen-bond donors (Lipinski definition) is 2. The van der Waals surface area contributed by atoms with Gasteiger partial charge in [-0.15, -0.1) is 0 Å². The Kier molecular flexibility index (Phi) is 3.52. The van der Waals surface area contributed by atoms with Gasteiger partial charge in [0.25, 0.3) is 5.91 Å². The van der Waals surface area contributed by atoms with Crippen molar-refractivity contribution in [2.45, 2.75) is 6.54 Å². The number of nitrogens with two attached hydrogens (primary N) is 1. The van der Waals surface area contributed by atoms with Crippen LogP contribution in [-0.4, -0.2) is 47.7 Å². The maximum absolute atomic E-state index is 11.8. The van der Waals surface area contributed by atoms with Crippen LogP contribution >= 0.6 is 0 Å². The molecule has 1 aromatic rings. The fraction of sp³-hybridized carbons (Fsp3) is 0.364. The van der Waals surface area contributed by atoms with Gasteiger partial charge in [-0.25, -0.2) is 5.84 Å². The first kappa shape index (κ1) is 13.1. The first-order chi connectivity index (χ1) is 9.02. The molecule has 0 unspecified atom stereocenters. The Balaban J connectivity index is 2.13. The zero-order valence-electron chi connectivity index (χ0n) is 10.4. The molecule has 0 atom stereocenters. The molecular formula is C11H14N4O4. The molecule has 1 fully saturated rings. The average molecular weight is 266 g/mol. The smallest absolute Gasteiger partial charge is 0.268 e. The van der Waals surface area contributed by atoms with Crippen LogP contribution in [0.2, 0.25) is 0 Å². The van der Waals surface area contributed by atoms with Gasteiger partial charge in [-0.3, -0.25) is 19.8 Å². The van der Waals surface area contributed by atoms with E-state index in [1.807, 2.05) is 5.43 Å². The van der Waals surface area contributed by atoms with Gasteiger partial charge in [-0.2, -0.15) is 0 Å². The SMILES string of the molecule is CN1CC(=O)N(Cc2occc2C(=O)NN)CC1=O. The van der Waals surface area contributed by atoms with Crippen LogP contribution in [-0.2, 0) is 16.1 Å². The van der Waals surface area contributed by atoms with Crippen molar-refractivity contribution in [3.05, 3.63) is 23.7 Å². The minimum Gasteiger partial charge on any atom is -0.467 e. The minimum atomic E-state index is -0.503. The molecule has 102 valence electrons. The average Bonchev–Trinajstić information content (AvgIpc) is 2.83. The summed E-state index contributed by atoms with van der Waals surface area (Å²) in [4.78, 5) is 37.5. The summed E-state index contributed by atoms with van der Waals surface area (Å²) in [7, 11) is 1.57. The van der Waals surface area contributed by atoms with Crippen molar-refractivity contribution in [3.8, 4) is 0 Å². The lowest BCUT2D eigenvalue weighted by Crippen LogP contribution is -2.51. The summed E-state index contributed by atoms with van der Waals surface area (Å²) in [5, 5.41) is 0.